The lowest BCUT2D eigenvalue weighted by Gasteiger charge is -2.32. The first-order valence-electron chi connectivity index (χ1n) is 6.33. The molecule has 1 fully saturated rings. The zero-order valence-corrected chi connectivity index (χ0v) is 9.56. The molecule has 1 aliphatic carbocycles. The Balaban J connectivity index is 1.96. The summed E-state index contributed by atoms with van der Waals surface area (Å²) in [5.74, 6) is 2.29. The topological polar surface area (TPSA) is 35.2 Å². The van der Waals surface area contributed by atoms with Crippen LogP contribution in [-0.2, 0) is 0 Å². The molecule has 3 atom stereocenters. The van der Waals surface area contributed by atoms with Gasteiger partial charge in [-0.05, 0) is 30.7 Å². The van der Waals surface area contributed by atoms with Gasteiger partial charge in [0, 0.05) is 11.6 Å². The van der Waals surface area contributed by atoms with Crippen LogP contribution < -0.4 is 10.5 Å². The molecule has 1 aromatic rings. The Morgan fingerprint density at radius 1 is 1.12 bits per heavy atom. The van der Waals surface area contributed by atoms with Gasteiger partial charge in [0.2, 0.25) is 0 Å². The maximum atomic E-state index is 6.42. The second-order valence-corrected chi connectivity index (χ2v) is 5.08. The smallest absolute Gasteiger partial charge is 0.124 e. The van der Waals surface area contributed by atoms with Crippen LogP contribution in [0.25, 0.3) is 0 Å². The molecule has 3 rings (SSSR count). The lowest BCUT2D eigenvalue weighted by molar-refractivity contribution is 0.148. The first kappa shape index (κ1) is 10.2. The Kier molecular flexibility index (Phi) is 2.60. The van der Waals surface area contributed by atoms with Crippen molar-refractivity contribution in [3.63, 3.8) is 0 Å². The molecule has 2 nitrogen and oxygen atoms in total. The fraction of sp³-hybridized carbons (Fsp3) is 0.571. The SMILES string of the molecule is N[C@H]1c2ccccc2OC[C@@H]2CCCC[C@H]21. The van der Waals surface area contributed by atoms with Gasteiger partial charge in [-0.3, -0.25) is 0 Å². The zero-order chi connectivity index (χ0) is 11.0. The molecule has 0 bridgehead atoms. The molecule has 2 N–H and O–H groups in total. The van der Waals surface area contributed by atoms with Crippen molar-refractivity contribution in [1.29, 1.82) is 0 Å². The third kappa shape index (κ3) is 1.61. The summed E-state index contributed by atoms with van der Waals surface area (Å²) in [6.45, 7) is 0.857. The van der Waals surface area contributed by atoms with Gasteiger partial charge >= 0.3 is 0 Å². The molecule has 0 aromatic heterocycles. The van der Waals surface area contributed by atoms with Crippen LogP contribution in [0.4, 0.5) is 0 Å². The second kappa shape index (κ2) is 4.10. The lowest BCUT2D eigenvalue weighted by Crippen LogP contribution is -2.31. The average molecular weight is 217 g/mol. The van der Waals surface area contributed by atoms with Crippen molar-refractivity contribution >= 4 is 0 Å². The van der Waals surface area contributed by atoms with E-state index in [0.29, 0.717) is 11.8 Å². The molecule has 1 heterocycles. The van der Waals surface area contributed by atoms with Gasteiger partial charge in [-0.25, -0.2) is 0 Å². The highest BCUT2D eigenvalue weighted by Gasteiger charge is 2.34. The third-order valence-electron chi connectivity index (χ3n) is 4.16. The lowest BCUT2D eigenvalue weighted by atomic mass is 9.74. The molecule has 1 aromatic carbocycles. The van der Waals surface area contributed by atoms with Crippen LogP contribution in [0.15, 0.2) is 24.3 Å². The minimum Gasteiger partial charge on any atom is -0.493 e. The van der Waals surface area contributed by atoms with Crippen molar-refractivity contribution in [2.45, 2.75) is 31.7 Å². The fourth-order valence-corrected chi connectivity index (χ4v) is 3.23. The summed E-state index contributed by atoms with van der Waals surface area (Å²) in [5, 5.41) is 0. The van der Waals surface area contributed by atoms with E-state index in [4.69, 9.17) is 10.5 Å². The van der Waals surface area contributed by atoms with Crippen LogP contribution in [0.5, 0.6) is 5.75 Å². The normalized spacial score (nSPS) is 33.2. The number of hydrogen-bond donors (Lipinski definition) is 1. The molecule has 16 heavy (non-hydrogen) atoms. The third-order valence-corrected chi connectivity index (χ3v) is 4.16. The minimum absolute atomic E-state index is 0.170. The molecule has 0 spiro atoms. The van der Waals surface area contributed by atoms with Gasteiger partial charge in [-0.15, -0.1) is 0 Å². The summed E-state index contributed by atoms with van der Waals surface area (Å²) in [6.07, 6.45) is 5.22. The molecular weight excluding hydrogens is 198 g/mol. The molecule has 2 heteroatoms. The molecule has 0 saturated heterocycles. The first-order valence-corrected chi connectivity index (χ1v) is 6.33. The van der Waals surface area contributed by atoms with Crippen LogP contribution in [-0.4, -0.2) is 6.61 Å². The number of para-hydroxylation sites is 1. The molecule has 0 radical (unpaired) electrons. The summed E-state index contributed by atoms with van der Waals surface area (Å²) in [7, 11) is 0. The quantitative estimate of drug-likeness (QED) is 0.725. The maximum absolute atomic E-state index is 6.42. The van der Waals surface area contributed by atoms with Gasteiger partial charge in [0.05, 0.1) is 6.61 Å². The van der Waals surface area contributed by atoms with Crippen LogP contribution >= 0.6 is 0 Å². The number of nitrogens with two attached hydrogens (primary N) is 1. The van der Waals surface area contributed by atoms with Gasteiger partial charge in [0.1, 0.15) is 5.75 Å². The van der Waals surface area contributed by atoms with Gasteiger partial charge in [-0.2, -0.15) is 0 Å². The molecule has 0 unspecified atom stereocenters. The van der Waals surface area contributed by atoms with Gasteiger partial charge in [0.25, 0.3) is 0 Å². The predicted octanol–water partition coefficient (Wildman–Crippen LogP) is 2.89. The van der Waals surface area contributed by atoms with Crippen molar-refractivity contribution in [3.05, 3.63) is 29.8 Å². The number of hydrogen-bond acceptors (Lipinski definition) is 2. The van der Waals surface area contributed by atoms with Crippen molar-refractivity contribution in [2.24, 2.45) is 17.6 Å². The van der Waals surface area contributed by atoms with Crippen molar-refractivity contribution in [3.8, 4) is 5.75 Å². The largest absolute Gasteiger partial charge is 0.493 e. The second-order valence-electron chi connectivity index (χ2n) is 5.08. The van der Waals surface area contributed by atoms with E-state index in [1.807, 2.05) is 12.1 Å². The Hall–Kier alpha value is -1.02. The fourth-order valence-electron chi connectivity index (χ4n) is 3.23. The summed E-state index contributed by atoms with van der Waals surface area (Å²) in [5.41, 5.74) is 7.63. The number of benzene rings is 1. The van der Waals surface area contributed by atoms with E-state index in [1.54, 1.807) is 0 Å². The monoisotopic (exact) mass is 217 g/mol. The van der Waals surface area contributed by atoms with Crippen molar-refractivity contribution < 1.29 is 4.74 Å². The van der Waals surface area contributed by atoms with Crippen LogP contribution in [0.1, 0.15) is 37.3 Å². The average Bonchev–Trinajstić information content (AvgIpc) is 2.49. The number of rotatable bonds is 0. The molecule has 1 saturated carbocycles. The summed E-state index contributed by atoms with van der Waals surface area (Å²) in [6, 6.07) is 8.43. The molecule has 86 valence electrons. The summed E-state index contributed by atoms with van der Waals surface area (Å²) < 4.78 is 5.91. The van der Waals surface area contributed by atoms with Crippen molar-refractivity contribution in [1.82, 2.24) is 0 Å². The Morgan fingerprint density at radius 3 is 2.88 bits per heavy atom. The summed E-state index contributed by atoms with van der Waals surface area (Å²) in [4.78, 5) is 0. The highest BCUT2D eigenvalue weighted by molar-refractivity contribution is 5.37. The van der Waals surface area contributed by atoms with E-state index >= 15 is 0 Å². The van der Waals surface area contributed by atoms with E-state index in [-0.39, 0.29) is 6.04 Å². The number of ether oxygens (including phenoxy) is 1. The van der Waals surface area contributed by atoms with E-state index < -0.39 is 0 Å². The van der Waals surface area contributed by atoms with Gasteiger partial charge in [0.15, 0.2) is 0 Å². The molecule has 1 aliphatic heterocycles. The Labute approximate surface area is 96.8 Å². The van der Waals surface area contributed by atoms with Gasteiger partial charge in [-0.1, -0.05) is 31.0 Å². The standard InChI is InChI=1S/C14H19NO/c15-14-11-6-2-1-5-10(11)9-16-13-8-4-3-7-12(13)14/h3-4,7-8,10-11,14H,1-2,5-6,9,15H2/t10-,11+,14+/m0/s1. The van der Waals surface area contributed by atoms with E-state index in [9.17, 15) is 0 Å². The maximum Gasteiger partial charge on any atom is 0.124 e. The molecular formula is C14H19NO. The van der Waals surface area contributed by atoms with Gasteiger partial charge < -0.3 is 10.5 Å². The predicted molar refractivity (Wildman–Crippen MR) is 64.3 cm³/mol. The van der Waals surface area contributed by atoms with E-state index in [0.717, 1.165) is 12.4 Å². The van der Waals surface area contributed by atoms with Crippen LogP contribution in [0.2, 0.25) is 0 Å². The van der Waals surface area contributed by atoms with E-state index in [1.165, 1.54) is 31.2 Å². The molecule has 2 aliphatic rings. The zero-order valence-electron chi connectivity index (χ0n) is 9.56. The Bertz CT molecular complexity index is 377. The van der Waals surface area contributed by atoms with Crippen molar-refractivity contribution in [2.75, 3.05) is 6.61 Å². The molecule has 0 amide bonds. The number of fused-ring (bicyclic) bond motifs is 2. The highest BCUT2D eigenvalue weighted by atomic mass is 16.5. The summed E-state index contributed by atoms with van der Waals surface area (Å²) >= 11 is 0. The first-order chi connectivity index (χ1) is 7.86. The van der Waals surface area contributed by atoms with E-state index in [2.05, 4.69) is 12.1 Å². The highest BCUT2D eigenvalue weighted by Crippen LogP contribution is 2.42. The Morgan fingerprint density at radius 2 is 1.94 bits per heavy atom. The van der Waals surface area contributed by atoms with Crippen LogP contribution in [0.3, 0.4) is 0 Å². The van der Waals surface area contributed by atoms with Crippen LogP contribution in [0, 0.1) is 11.8 Å². The minimum atomic E-state index is 0.170.